The van der Waals surface area contributed by atoms with E-state index >= 15 is 0 Å². The third-order valence-corrected chi connectivity index (χ3v) is 5.32. The van der Waals surface area contributed by atoms with Crippen LogP contribution in [0.4, 0.5) is 0 Å². The molecule has 1 N–H and O–H groups in total. The van der Waals surface area contributed by atoms with Crippen LogP contribution in [0.25, 0.3) is 0 Å². The van der Waals surface area contributed by atoms with Gasteiger partial charge >= 0.3 is 5.97 Å². The Morgan fingerprint density at radius 3 is 2.59 bits per heavy atom. The van der Waals surface area contributed by atoms with Crippen LogP contribution in [-0.4, -0.2) is 29.0 Å². The van der Waals surface area contributed by atoms with Gasteiger partial charge in [-0.15, -0.1) is 11.3 Å². The van der Waals surface area contributed by atoms with Gasteiger partial charge in [0.1, 0.15) is 12.4 Å². The number of carbonyl (C=O) groups is 2. The summed E-state index contributed by atoms with van der Waals surface area (Å²) in [6.45, 7) is 3.92. The van der Waals surface area contributed by atoms with Crippen LogP contribution < -0.4 is 10.1 Å². The van der Waals surface area contributed by atoms with Crippen LogP contribution in [0, 0.1) is 6.92 Å². The zero-order valence-corrected chi connectivity index (χ0v) is 16.4. The molecule has 1 heterocycles. The molecule has 1 saturated carbocycles. The van der Waals surface area contributed by atoms with Crippen molar-refractivity contribution in [3.05, 3.63) is 45.9 Å². The number of ether oxygens (including phenoxy) is 2. The second-order valence-electron chi connectivity index (χ2n) is 6.71. The first kappa shape index (κ1) is 19.4. The fraction of sp³-hybridized carbons (Fsp3) is 0.450. The average molecular weight is 388 g/mol. The lowest BCUT2D eigenvalue weighted by atomic mass is 10.2. The number of esters is 1. The van der Waals surface area contributed by atoms with Crippen molar-refractivity contribution in [1.82, 2.24) is 10.3 Å². The van der Waals surface area contributed by atoms with E-state index < -0.39 is 12.1 Å². The summed E-state index contributed by atoms with van der Waals surface area (Å²) in [6.07, 6.45) is 3.44. The van der Waals surface area contributed by atoms with Gasteiger partial charge in [-0.1, -0.05) is 12.8 Å². The fourth-order valence-corrected chi connectivity index (χ4v) is 3.59. The lowest BCUT2D eigenvalue weighted by molar-refractivity contribution is -0.129. The second-order valence-corrected chi connectivity index (χ2v) is 7.77. The van der Waals surface area contributed by atoms with E-state index in [4.69, 9.17) is 9.47 Å². The zero-order valence-electron chi connectivity index (χ0n) is 15.6. The number of hydrogen-bond acceptors (Lipinski definition) is 6. The van der Waals surface area contributed by atoms with Crippen LogP contribution in [0.15, 0.2) is 29.6 Å². The smallest absolute Gasteiger partial charge is 0.338 e. The Bertz CT molecular complexity index is 782. The molecule has 0 saturated heterocycles. The Balaban J connectivity index is 1.48. The number of thiazole rings is 1. The molecule has 0 radical (unpaired) electrons. The van der Waals surface area contributed by atoms with Crippen molar-refractivity contribution in [2.75, 3.05) is 0 Å². The van der Waals surface area contributed by atoms with Crippen LogP contribution >= 0.6 is 11.3 Å². The first-order valence-corrected chi connectivity index (χ1v) is 10.0. The van der Waals surface area contributed by atoms with Crippen molar-refractivity contribution < 1.29 is 19.1 Å². The Labute approximate surface area is 162 Å². The third kappa shape index (κ3) is 5.53. The number of hydrogen-bond donors (Lipinski definition) is 1. The normalized spacial score (nSPS) is 15.3. The van der Waals surface area contributed by atoms with E-state index in [0.717, 1.165) is 36.4 Å². The van der Waals surface area contributed by atoms with E-state index in [1.54, 1.807) is 42.5 Å². The molecule has 0 aliphatic heterocycles. The van der Waals surface area contributed by atoms with Gasteiger partial charge in [0.15, 0.2) is 6.10 Å². The maximum absolute atomic E-state index is 12.2. The first-order chi connectivity index (χ1) is 13.0. The first-order valence-electron chi connectivity index (χ1n) is 9.16. The van der Waals surface area contributed by atoms with Crippen molar-refractivity contribution in [3.63, 3.8) is 0 Å². The van der Waals surface area contributed by atoms with E-state index in [9.17, 15) is 9.59 Å². The highest BCUT2D eigenvalue weighted by Crippen LogP contribution is 2.18. The quantitative estimate of drug-likeness (QED) is 0.733. The van der Waals surface area contributed by atoms with Gasteiger partial charge in [-0.05, 0) is 51.0 Å². The maximum atomic E-state index is 12.2. The van der Waals surface area contributed by atoms with Crippen molar-refractivity contribution in [2.45, 2.75) is 58.3 Å². The largest absolute Gasteiger partial charge is 0.487 e. The van der Waals surface area contributed by atoms with E-state index in [-0.39, 0.29) is 11.9 Å². The van der Waals surface area contributed by atoms with Gasteiger partial charge in [0.2, 0.25) is 0 Å². The molecule has 3 rings (SSSR count). The monoisotopic (exact) mass is 388 g/mol. The third-order valence-electron chi connectivity index (χ3n) is 4.50. The molecule has 6 nitrogen and oxygen atoms in total. The Morgan fingerprint density at radius 2 is 1.96 bits per heavy atom. The lowest BCUT2D eigenvalue weighted by Crippen LogP contribution is -2.40. The molecule has 1 fully saturated rings. The number of carbonyl (C=O) groups excluding carboxylic acids is 2. The number of nitrogens with zero attached hydrogens (tertiary/aromatic N) is 1. The predicted octanol–water partition coefficient (Wildman–Crippen LogP) is 3.63. The van der Waals surface area contributed by atoms with Gasteiger partial charge in [-0.25, -0.2) is 9.78 Å². The minimum atomic E-state index is -0.818. The predicted molar refractivity (Wildman–Crippen MR) is 103 cm³/mol. The highest BCUT2D eigenvalue weighted by Gasteiger charge is 2.23. The topological polar surface area (TPSA) is 77.5 Å². The molecule has 7 heteroatoms. The van der Waals surface area contributed by atoms with Gasteiger partial charge in [0, 0.05) is 11.4 Å². The molecular formula is C20H24N2O4S. The SMILES string of the molecule is Cc1nc(COc2ccc(C(=O)OC(C)C(=O)NC3CCCC3)cc2)cs1. The molecule has 0 bridgehead atoms. The number of amides is 1. The lowest BCUT2D eigenvalue weighted by Gasteiger charge is -2.17. The van der Waals surface area contributed by atoms with Gasteiger partial charge < -0.3 is 14.8 Å². The molecule has 1 atom stereocenters. The van der Waals surface area contributed by atoms with Crippen LogP contribution in [0.1, 0.15) is 53.7 Å². The second kappa shape index (κ2) is 8.99. The summed E-state index contributed by atoms with van der Waals surface area (Å²) in [6, 6.07) is 6.88. The van der Waals surface area contributed by atoms with E-state index in [2.05, 4.69) is 10.3 Å². The van der Waals surface area contributed by atoms with E-state index in [1.165, 1.54) is 0 Å². The van der Waals surface area contributed by atoms with Crippen molar-refractivity contribution >= 4 is 23.2 Å². The molecule has 1 aliphatic carbocycles. The minimum Gasteiger partial charge on any atom is -0.487 e. The van der Waals surface area contributed by atoms with Gasteiger partial charge in [-0.3, -0.25) is 4.79 Å². The summed E-state index contributed by atoms with van der Waals surface area (Å²) >= 11 is 1.58. The molecule has 1 aliphatic rings. The Hall–Kier alpha value is -2.41. The molecule has 1 aromatic carbocycles. The van der Waals surface area contributed by atoms with Crippen molar-refractivity contribution in [3.8, 4) is 5.75 Å². The molecule has 144 valence electrons. The summed E-state index contributed by atoms with van der Waals surface area (Å²) in [4.78, 5) is 28.7. The van der Waals surface area contributed by atoms with Crippen molar-refractivity contribution in [1.29, 1.82) is 0 Å². The van der Waals surface area contributed by atoms with Crippen LogP contribution in [0.2, 0.25) is 0 Å². The molecule has 0 spiro atoms. The van der Waals surface area contributed by atoms with E-state index in [0.29, 0.717) is 17.9 Å². The van der Waals surface area contributed by atoms with Gasteiger partial charge in [0.05, 0.1) is 16.3 Å². The number of rotatable bonds is 7. The van der Waals surface area contributed by atoms with Crippen molar-refractivity contribution in [2.24, 2.45) is 0 Å². The molecule has 27 heavy (non-hydrogen) atoms. The van der Waals surface area contributed by atoms with Crippen LogP contribution in [0.3, 0.4) is 0 Å². The van der Waals surface area contributed by atoms with Gasteiger partial charge in [-0.2, -0.15) is 0 Å². The minimum absolute atomic E-state index is 0.205. The number of benzene rings is 1. The maximum Gasteiger partial charge on any atom is 0.338 e. The zero-order chi connectivity index (χ0) is 19.2. The Kier molecular flexibility index (Phi) is 6.45. The summed E-state index contributed by atoms with van der Waals surface area (Å²) in [5, 5.41) is 5.89. The summed E-state index contributed by atoms with van der Waals surface area (Å²) < 4.78 is 10.9. The fourth-order valence-electron chi connectivity index (χ4n) is 2.99. The van der Waals surface area contributed by atoms with Crippen LogP contribution in [0.5, 0.6) is 5.75 Å². The van der Waals surface area contributed by atoms with Crippen LogP contribution in [-0.2, 0) is 16.1 Å². The van der Waals surface area contributed by atoms with E-state index in [1.807, 2.05) is 12.3 Å². The van der Waals surface area contributed by atoms with Gasteiger partial charge in [0.25, 0.3) is 5.91 Å². The molecule has 2 aromatic rings. The highest BCUT2D eigenvalue weighted by atomic mass is 32.1. The average Bonchev–Trinajstić information content (AvgIpc) is 3.32. The number of nitrogens with one attached hydrogen (secondary N) is 1. The Morgan fingerprint density at radius 1 is 1.26 bits per heavy atom. The molecular weight excluding hydrogens is 364 g/mol. The number of aromatic nitrogens is 1. The molecule has 1 aromatic heterocycles. The highest BCUT2D eigenvalue weighted by molar-refractivity contribution is 7.09. The molecule has 1 unspecified atom stereocenters. The standard InChI is InChI=1S/C20H24N2O4S/c1-13(19(23)22-16-5-3-4-6-16)26-20(24)15-7-9-18(10-8-15)25-11-17-12-27-14(2)21-17/h7-10,12-13,16H,3-6,11H2,1-2H3,(H,22,23). The molecule has 1 amide bonds. The number of aryl methyl sites for hydroxylation is 1. The summed E-state index contributed by atoms with van der Waals surface area (Å²) in [5.74, 6) is -0.122. The summed E-state index contributed by atoms with van der Waals surface area (Å²) in [5.41, 5.74) is 1.26. The summed E-state index contributed by atoms with van der Waals surface area (Å²) in [7, 11) is 0.